The van der Waals surface area contributed by atoms with Gasteiger partial charge in [-0.1, -0.05) is 99.0 Å². The Morgan fingerprint density at radius 3 is 2.05 bits per heavy atom. The number of rotatable bonds is 5. The summed E-state index contributed by atoms with van der Waals surface area (Å²) in [4.78, 5) is 0. The van der Waals surface area contributed by atoms with Crippen LogP contribution in [0.15, 0.2) is 84.9 Å². The van der Waals surface area contributed by atoms with Gasteiger partial charge in [-0.2, -0.15) is 0 Å². The molecular formula is C38H41N. The van der Waals surface area contributed by atoms with E-state index in [0.717, 1.165) is 23.7 Å². The first-order valence-electron chi connectivity index (χ1n) is 15.6. The Bertz CT molecular complexity index is 1520. The maximum atomic E-state index is 3.95. The van der Waals surface area contributed by atoms with Gasteiger partial charge in [0.25, 0.3) is 0 Å². The Kier molecular flexibility index (Phi) is 5.65. The van der Waals surface area contributed by atoms with Gasteiger partial charge in [0.2, 0.25) is 0 Å². The summed E-state index contributed by atoms with van der Waals surface area (Å²) in [5, 5.41) is 6.79. The lowest BCUT2D eigenvalue weighted by molar-refractivity contribution is 0.233. The van der Waals surface area contributed by atoms with Gasteiger partial charge in [0, 0.05) is 16.9 Å². The van der Waals surface area contributed by atoms with Crippen LogP contribution in [0.2, 0.25) is 0 Å². The fraction of sp³-hybridized carbons (Fsp3) is 0.421. The molecule has 1 N–H and O–H groups in total. The average molecular weight is 512 g/mol. The molecule has 5 unspecified atom stereocenters. The van der Waals surface area contributed by atoms with Crippen LogP contribution in [-0.4, -0.2) is 0 Å². The molecule has 1 heteroatoms. The molecule has 4 aliphatic carbocycles. The van der Waals surface area contributed by atoms with E-state index in [9.17, 15) is 0 Å². The summed E-state index contributed by atoms with van der Waals surface area (Å²) in [6.07, 6.45) is 12.7. The Morgan fingerprint density at radius 1 is 0.590 bits per heavy atom. The molecule has 198 valence electrons. The van der Waals surface area contributed by atoms with E-state index in [1.54, 1.807) is 5.56 Å². The fourth-order valence-corrected chi connectivity index (χ4v) is 9.72. The van der Waals surface area contributed by atoms with Gasteiger partial charge in [-0.25, -0.2) is 0 Å². The van der Waals surface area contributed by atoms with Gasteiger partial charge in [0.05, 0.1) is 0 Å². The molecule has 0 aromatic heterocycles. The smallest absolute Gasteiger partial charge is 0.0464 e. The molecule has 0 radical (unpaired) electrons. The van der Waals surface area contributed by atoms with Crippen LogP contribution < -0.4 is 5.32 Å². The number of nitrogens with one attached hydrogen (secondary N) is 1. The Labute approximate surface area is 234 Å². The van der Waals surface area contributed by atoms with Crippen molar-refractivity contribution in [1.29, 1.82) is 0 Å². The predicted octanol–water partition coefficient (Wildman–Crippen LogP) is 10.6. The fourth-order valence-electron chi connectivity index (χ4n) is 9.72. The van der Waals surface area contributed by atoms with E-state index in [2.05, 4.69) is 97.2 Å². The van der Waals surface area contributed by atoms with Crippen molar-refractivity contribution >= 4 is 22.1 Å². The molecule has 4 fully saturated rings. The predicted molar refractivity (Wildman–Crippen MR) is 165 cm³/mol. The van der Waals surface area contributed by atoms with Crippen LogP contribution in [0, 0.1) is 23.7 Å². The lowest BCUT2D eigenvalue weighted by atomic mass is 9.65. The molecule has 39 heavy (non-hydrogen) atoms. The molecule has 4 aliphatic rings. The van der Waals surface area contributed by atoms with Gasteiger partial charge >= 0.3 is 0 Å². The maximum absolute atomic E-state index is 3.95. The van der Waals surface area contributed by atoms with E-state index in [-0.39, 0.29) is 0 Å². The van der Waals surface area contributed by atoms with E-state index < -0.39 is 0 Å². The van der Waals surface area contributed by atoms with Crippen molar-refractivity contribution < 1.29 is 0 Å². The lowest BCUT2D eigenvalue weighted by Gasteiger charge is -2.39. The summed E-state index contributed by atoms with van der Waals surface area (Å²) >= 11 is 0. The van der Waals surface area contributed by atoms with Gasteiger partial charge in [-0.05, 0) is 113 Å². The van der Waals surface area contributed by atoms with Crippen molar-refractivity contribution in [2.75, 3.05) is 5.32 Å². The molecule has 0 heterocycles. The molecule has 8 rings (SSSR count). The third-order valence-electron chi connectivity index (χ3n) is 11.3. The van der Waals surface area contributed by atoms with Crippen LogP contribution in [0.25, 0.3) is 21.9 Å². The van der Waals surface area contributed by atoms with Crippen molar-refractivity contribution in [2.45, 2.75) is 76.0 Å². The molecule has 0 spiro atoms. The summed E-state index contributed by atoms with van der Waals surface area (Å²) in [6.45, 7) is 2.56. The number of hydrogen-bond donors (Lipinski definition) is 1. The Morgan fingerprint density at radius 2 is 1.28 bits per heavy atom. The van der Waals surface area contributed by atoms with Crippen molar-refractivity contribution in [3.05, 3.63) is 96.1 Å². The largest absolute Gasteiger partial charge is 0.355 e. The third-order valence-corrected chi connectivity index (χ3v) is 11.3. The quantitative estimate of drug-likeness (QED) is 0.281. The monoisotopic (exact) mass is 511 g/mol. The molecule has 4 aromatic carbocycles. The zero-order chi connectivity index (χ0) is 26.0. The van der Waals surface area contributed by atoms with Crippen molar-refractivity contribution in [3.8, 4) is 11.1 Å². The molecule has 5 atom stereocenters. The first-order chi connectivity index (χ1) is 19.1. The summed E-state index contributed by atoms with van der Waals surface area (Å²) in [5.74, 6) is 4.39. The number of para-hydroxylation sites is 2. The second-order valence-corrected chi connectivity index (χ2v) is 13.8. The van der Waals surface area contributed by atoms with Crippen molar-refractivity contribution in [1.82, 2.24) is 0 Å². The summed E-state index contributed by atoms with van der Waals surface area (Å²) < 4.78 is 0. The summed E-state index contributed by atoms with van der Waals surface area (Å²) in [6, 6.07) is 32.2. The minimum Gasteiger partial charge on any atom is -0.355 e. The van der Waals surface area contributed by atoms with Crippen LogP contribution >= 0.6 is 0 Å². The highest BCUT2D eigenvalue weighted by Gasteiger charge is 2.43. The summed E-state index contributed by atoms with van der Waals surface area (Å²) in [5.41, 5.74) is 8.56. The molecule has 1 nitrogen and oxygen atoms in total. The minimum atomic E-state index is 0.291. The first-order valence-corrected chi connectivity index (χ1v) is 15.6. The standard InChI is InChI=1S/C38H41N/c1-38(23-26-14-15-27(20-26)24-38)35-19-18-30(29-8-2-3-9-31(29)35)32-10-4-6-12-36(32)39-37-13-7-5-11-33(37)34-22-25-16-17-28(34)21-25/h2-13,18-19,25-28,34,39H,14-17,20-24H2,1H3. The first kappa shape index (κ1) is 23.8. The van der Waals surface area contributed by atoms with Crippen molar-refractivity contribution in [2.24, 2.45) is 23.7 Å². The Balaban J connectivity index is 1.19. The molecular weight excluding hydrogens is 470 g/mol. The molecule has 4 saturated carbocycles. The van der Waals surface area contributed by atoms with E-state index in [0.29, 0.717) is 11.3 Å². The van der Waals surface area contributed by atoms with E-state index in [4.69, 9.17) is 0 Å². The number of anilines is 2. The SMILES string of the molecule is CC1(c2ccc(-c3ccccc3Nc3ccccc3C3CC4CCC3C4)c3ccccc23)CC2CCC(C2)C1. The summed E-state index contributed by atoms with van der Waals surface area (Å²) in [7, 11) is 0. The Hall–Kier alpha value is -3.06. The average Bonchev–Trinajstić information content (AvgIpc) is 3.69. The van der Waals surface area contributed by atoms with Gasteiger partial charge in [0.15, 0.2) is 0 Å². The van der Waals surface area contributed by atoms with E-state index in [1.807, 2.05) is 0 Å². The highest BCUT2D eigenvalue weighted by Crippen LogP contribution is 2.55. The van der Waals surface area contributed by atoms with Gasteiger partial charge in [-0.15, -0.1) is 0 Å². The molecule has 4 bridgehead atoms. The van der Waals surface area contributed by atoms with Gasteiger partial charge in [0.1, 0.15) is 0 Å². The number of fused-ring (bicyclic) bond motifs is 5. The topological polar surface area (TPSA) is 12.0 Å². The minimum absolute atomic E-state index is 0.291. The maximum Gasteiger partial charge on any atom is 0.0464 e. The molecule has 4 aromatic rings. The van der Waals surface area contributed by atoms with Crippen LogP contribution in [0.1, 0.15) is 81.8 Å². The zero-order valence-corrected chi connectivity index (χ0v) is 23.3. The van der Waals surface area contributed by atoms with Crippen LogP contribution in [0.4, 0.5) is 11.4 Å². The van der Waals surface area contributed by atoms with E-state index >= 15 is 0 Å². The number of hydrogen-bond acceptors (Lipinski definition) is 1. The third kappa shape index (κ3) is 4.03. The normalized spacial score (nSPS) is 31.2. The van der Waals surface area contributed by atoms with E-state index in [1.165, 1.54) is 96.6 Å². The van der Waals surface area contributed by atoms with Crippen LogP contribution in [0.5, 0.6) is 0 Å². The van der Waals surface area contributed by atoms with Gasteiger partial charge < -0.3 is 5.32 Å². The second kappa shape index (κ2) is 9.26. The zero-order valence-electron chi connectivity index (χ0n) is 23.3. The van der Waals surface area contributed by atoms with Crippen LogP contribution in [-0.2, 0) is 5.41 Å². The molecule has 0 aliphatic heterocycles. The lowest BCUT2D eigenvalue weighted by Crippen LogP contribution is -2.30. The molecule has 0 amide bonds. The van der Waals surface area contributed by atoms with Crippen LogP contribution in [0.3, 0.4) is 0 Å². The van der Waals surface area contributed by atoms with Crippen molar-refractivity contribution in [3.63, 3.8) is 0 Å². The number of benzene rings is 4. The second-order valence-electron chi connectivity index (χ2n) is 13.8. The highest BCUT2D eigenvalue weighted by atomic mass is 14.9. The molecule has 0 saturated heterocycles. The van der Waals surface area contributed by atoms with Gasteiger partial charge in [-0.3, -0.25) is 0 Å². The highest BCUT2D eigenvalue weighted by molar-refractivity contribution is 6.02.